The van der Waals surface area contributed by atoms with Crippen LogP contribution in [0.5, 0.6) is 11.5 Å². The fourth-order valence-corrected chi connectivity index (χ4v) is 1.30. The molecule has 102 valence electrons. The summed E-state index contributed by atoms with van der Waals surface area (Å²) in [6.07, 6.45) is 1.03. The molecule has 0 saturated carbocycles. The lowest BCUT2D eigenvalue weighted by atomic mass is 10.2. The molecule has 1 rings (SSSR count). The van der Waals surface area contributed by atoms with E-state index >= 15 is 0 Å². The molecule has 0 N–H and O–H groups in total. The van der Waals surface area contributed by atoms with Crippen molar-refractivity contribution < 1.29 is 18.3 Å². The summed E-state index contributed by atoms with van der Waals surface area (Å²) in [6, 6.07) is 2.10. The maximum Gasteiger partial charge on any atom is 0.200 e. The zero-order chi connectivity index (χ0) is 13.7. The number of benzene rings is 1. The van der Waals surface area contributed by atoms with E-state index < -0.39 is 11.6 Å². The van der Waals surface area contributed by atoms with Crippen LogP contribution in [0.2, 0.25) is 0 Å². The summed E-state index contributed by atoms with van der Waals surface area (Å²) >= 11 is 0. The van der Waals surface area contributed by atoms with Crippen LogP contribution >= 0.6 is 0 Å². The van der Waals surface area contributed by atoms with Gasteiger partial charge in [0.1, 0.15) is 0 Å². The molecular formula is C14H20F2O2. The molecule has 0 spiro atoms. The van der Waals surface area contributed by atoms with Crippen LogP contribution in [0.1, 0.15) is 40.5 Å². The Kier molecular flexibility index (Phi) is 5.38. The average molecular weight is 258 g/mol. The van der Waals surface area contributed by atoms with Crippen LogP contribution in [0.25, 0.3) is 0 Å². The molecule has 1 aromatic rings. The van der Waals surface area contributed by atoms with Gasteiger partial charge in [-0.05, 0) is 38.8 Å². The van der Waals surface area contributed by atoms with Crippen molar-refractivity contribution in [3.8, 4) is 11.5 Å². The Morgan fingerprint density at radius 2 is 1.22 bits per heavy atom. The molecule has 0 aliphatic rings. The highest BCUT2D eigenvalue weighted by Crippen LogP contribution is 2.35. The van der Waals surface area contributed by atoms with Gasteiger partial charge in [0.2, 0.25) is 11.5 Å². The highest BCUT2D eigenvalue weighted by Gasteiger charge is 2.20. The van der Waals surface area contributed by atoms with Crippen LogP contribution in [-0.4, -0.2) is 12.2 Å². The van der Waals surface area contributed by atoms with E-state index in [1.807, 2.05) is 13.8 Å². The summed E-state index contributed by atoms with van der Waals surface area (Å²) in [5.41, 5.74) is 0. The first-order chi connectivity index (χ1) is 8.49. The Labute approximate surface area is 107 Å². The minimum Gasteiger partial charge on any atom is -0.484 e. The topological polar surface area (TPSA) is 18.5 Å². The summed E-state index contributed by atoms with van der Waals surface area (Å²) in [6.45, 7) is 7.43. The number of hydrogen-bond acceptors (Lipinski definition) is 2. The molecule has 0 radical (unpaired) electrons. The second kappa shape index (κ2) is 6.57. The maximum absolute atomic E-state index is 13.7. The summed E-state index contributed by atoms with van der Waals surface area (Å²) in [7, 11) is 0. The molecule has 1 aromatic carbocycles. The summed E-state index contributed by atoms with van der Waals surface area (Å²) in [5, 5.41) is 0. The van der Waals surface area contributed by atoms with E-state index in [4.69, 9.17) is 9.47 Å². The number of rotatable bonds is 6. The lowest BCUT2D eigenvalue weighted by Crippen LogP contribution is -2.16. The average Bonchev–Trinajstić information content (AvgIpc) is 2.37. The van der Waals surface area contributed by atoms with E-state index in [0.717, 1.165) is 12.1 Å². The Bertz CT molecular complexity index is 357. The minimum absolute atomic E-state index is 0.135. The second-order valence-electron chi connectivity index (χ2n) is 4.36. The van der Waals surface area contributed by atoms with E-state index in [1.165, 1.54) is 0 Å². The van der Waals surface area contributed by atoms with Crippen molar-refractivity contribution in [1.29, 1.82) is 0 Å². The molecule has 0 saturated heterocycles. The van der Waals surface area contributed by atoms with Gasteiger partial charge in [-0.15, -0.1) is 0 Å². The molecule has 2 unspecified atom stereocenters. The van der Waals surface area contributed by atoms with E-state index in [9.17, 15) is 8.78 Å². The molecule has 0 fully saturated rings. The minimum atomic E-state index is -0.602. The molecule has 0 aliphatic heterocycles. The van der Waals surface area contributed by atoms with Crippen molar-refractivity contribution in [2.24, 2.45) is 0 Å². The molecule has 0 bridgehead atoms. The summed E-state index contributed by atoms with van der Waals surface area (Å²) in [4.78, 5) is 0. The van der Waals surface area contributed by atoms with Gasteiger partial charge in [0.15, 0.2) is 11.6 Å². The smallest absolute Gasteiger partial charge is 0.200 e. The molecule has 0 aliphatic carbocycles. The molecule has 0 aromatic heterocycles. The highest BCUT2D eigenvalue weighted by atomic mass is 19.1. The van der Waals surface area contributed by atoms with E-state index in [-0.39, 0.29) is 23.7 Å². The lowest BCUT2D eigenvalue weighted by Gasteiger charge is -2.20. The predicted molar refractivity (Wildman–Crippen MR) is 67.1 cm³/mol. The van der Waals surface area contributed by atoms with Crippen LogP contribution in [0, 0.1) is 11.6 Å². The van der Waals surface area contributed by atoms with Crippen molar-refractivity contribution in [3.63, 3.8) is 0 Å². The van der Waals surface area contributed by atoms with Gasteiger partial charge in [0.25, 0.3) is 0 Å². The van der Waals surface area contributed by atoms with Crippen molar-refractivity contribution in [2.75, 3.05) is 0 Å². The zero-order valence-electron chi connectivity index (χ0n) is 11.3. The van der Waals surface area contributed by atoms with Crippen molar-refractivity contribution >= 4 is 0 Å². The van der Waals surface area contributed by atoms with Gasteiger partial charge in [-0.2, -0.15) is 0 Å². The highest BCUT2D eigenvalue weighted by molar-refractivity contribution is 5.42. The molecule has 0 amide bonds. The number of ether oxygens (including phenoxy) is 2. The number of halogens is 2. The quantitative estimate of drug-likeness (QED) is 0.756. The number of hydrogen-bond donors (Lipinski definition) is 0. The second-order valence-corrected chi connectivity index (χ2v) is 4.36. The molecule has 4 heteroatoms. The predicted octanol–water partition coefficient (Wildman–Crippen LogP) is 4.32. The molecular weight excluding hydrogens is 238 g/mol. The van der Waals surface area contributed by atoms with Crippen LogP contribution in [0.15, 0.2) is 12.1 Å². The van der Waals surface area contributed by atoms with E-state index in [0.29, 0.717) is 12.8 Å². The van der Waals surface area contributed by atoms with Crippen molar-refractivity contribution in [3.05, 3.63) is 23.8 Å². The van der Waals surface area contributed by atoms with Gasteiger partial charge in [-0.1, -0.05) is 13.8 Å². The van der Waals surface area contributed by atoms with Crippen LogP contribution in [0.3, 0.4) is 0 Å². The third kappa shape index (κ3) is 3.59. The standard InChI is InChI=1S/C14H20F2O2/c1-5-9(3)17-13-11(15)7-8-12(16)14(13)18-10(4)6-2/h7-10H,5-6H2,1-4H3. The Balaban J connectivity index is 3.08. The fourth-order valence-electron chi connectivity index (χ4n) is 1.30. The van der Waals surface area contributed by atoms with Crippen LogP contribution < -0.4 is 9.47 Å². The normalized spacial score (nSPS) is 14.1. The van der Waals surface area contributed by atoms with Gasteiger partial charge < -0.3 is 9.47 Å². The SMILES string of the molecule is CCC(C)Oc1c(F)ccc(F)c1OC(C)CC. The van der Waals surface area contributed by atoms with E-state index in [2.05, 4.69) is 0 Å². The molecule has 2 atom stereocenters. The molecule has 0 heterocycles. The zero-order valence-corrected chi connectivity index (χ0v) is 11.3. The van der Waals surface area contributed by atoms with Gasteiger partial charge in [0.05, 0.1) is 12.2 Å². The van der Waals surface area contributed by atoms with Gasteiger partial charge in [-0.3, -0.25) is 0 Å². The van der Waals surface area contributed by atoms with Gasteiger partial charge in [-0.25, -0.2) is 8.78 Å². The van der Waals surface area contributed by atoms with Gasteiger partial charge >= 0.3 is 0 Å². The largest absolute Gasteiger partial charge is 0.484 e. The fraction of sp³-hybridized carbons (Fsp3) is 0.571. The first kappa shape index (κ1) is 14.7. The monoisotopic (exact) mass is 258 g/mol. The maximum atomic E-state index is 13.7. The van der Waals surface area contributed by atoms with Crippen LogP contribution in [-0.2, 0) is 0 Å². The van der Waals surface area contributed by atoms with E-state index in [1.54, 1.807) is 13.8 Å². The molecule has 2 nitrogen and oxygen atoms in total. The summed E-state index contributed by atoms with van der Waals surface area (Å²) < 4.78 is 38.2. The van der Waals surface area contributed by atoms with Gasteiger partial charge in [0, 0.05) is 0 Å². The summed E-state index contributed by atoms with van der Waals surface area (Å²) in [5.74, 6) is -1.47. The third-order valence-electron chi connectivity index (χ3n) is 2.80. The Morgan fingerprint density at radius 1 is 0.889 bits per heavy atom. The Morgan fingerprint density at radius 3 is 1.50 bits per heavy atom. The molecule has 18 heavy (non-hydrogen) atoms. The van der Waals surface area contributed by atoms with Crippen molar-refractivity contribution in [2.45, 2.75) is 52.7 Å². The Hall–Kier alpha value is -1.32. The third-order valence-corrected chi connectivity index (χ3v) is 2.80. The lowest BCUT2D eigenvalue weighted by molar-refractivity contribution is 0.164. The van der Waals surface area contributed by atoms with Crippen molar-refractivity contribution in [1.82, 2.24) is 0 Å². The van der Waals surface area contributed by atoms with Crippen LogP contribution in [0.4, 0.5) is 8.78 Å². The first-order valence-electron chi connectivity index (χ1n) is 6.30. The first-order valence-corrected chi connectivity index (χ1v) is 6.30.